The molecule has 0 fully saturated rings. The molecule has 0 unspecified atom stereocenters. The van der Waals surface area contributed by atoms with Gasteiger partial charge in [-0.2, -0.15) is 0 Å². The zero-order chi connectivity index (χ0) is 9.97. The standard InChI is InChI=1S/C9H7ClFN3/c10-9-12-8(13-14-9)5-6-1-3-7(11)4-2-6/h1-4H,5H2,(H,12,13,14). The quantitative estimate of drug-likeness (QED) is 0.828. The number of hydrogen-bond donors (Lipinski definition) is 1. The topological polar surface area (TPSA) is 41.6 Å². The second-order valence-electron chi connectivity index (χ2n) is 2.85. The maximum atomic E-state index is 12.6. The molecule has 5 heteroatoms. The van der Waals surface area contributed by atoms with E-state index in [9.17, 15) is 4.39 Å². The lowest BCUT2D eigenvalue weighted by Crippen LogP contribution is -1.90. The number of hydrogen-bond acceptors (Lipinski definition) is 2. The van der Waals surface area contributed by atoms with Gasteiger partial charge in [0.1, 0.15) is 11.6 Å². The molecule has 0 saturated carbocycles. The van der Waals surface area contributed by atoms with Gasteiger partial charge < -0.3 is 0 Å². The van der Waals surface area contributed by atoms with Gasteiger partial charge in [-0.25, -0.2) is 9.37 Å². The third kappa shape index (κ3) is 2.09. The van der Waals surface area contributed by atoms with E-state index in [0.717, 1.165) is 5.56 Å². The molecule has 0 aliphatic rings. The van der Waals surface area contributed by atoms with Gasteiger partial charge in [-0.1, -0.05) is 12.1 Å². The summed E-state index contributed by atoms with van der Waals surface area (Å²) in [5, 5.41) is 6.56. The molecule has 2 aromatic rings. The minimum atomic E-state index is -0.246. The Morgan fingerprint density at radius 1 is 1.29 bits per heavy atom. The first-order valence-electron chi connectivity index (χ1n) is 4.05. The van der Waals surface area contributed by atoms with Crippen LogP contribution in [0.25, 0.3) is 0 Å². The van der Waals surface area contributed by atoms with Crippen molar-refractivity contribution < 1.29 is 4.39 Å². The zero-order valence-corrected chi connectivity index (χ0v) is 7.92. The van der Waals surface area contributed by atoms with Crippen molar-refractivity contribution in [3.8, 4) is 0 Å². The molecule has 14 heavy (non-hydrogen) atoms. The lowest BCUT2D eigenvalue weighted by Gasteiger charge is -1.96. The minimum absolute atomic E-state index is 0.196. The first kappa shape index (κ1) is 9.15. The van der Waals surface area contributed by atoms with Gasteiger partial charge in [0, 0.05) is 6.42 Å². The van der Waals surface area contributed by atoms with Crippen molar-refractivity contribution in [1.82, 2.24) is 15.2 Å². The third-order valence-electron chi connectivity index (χ3n) is 1.79. The summed E-state index contributed by atoms with van der Waals surface area (Å²) in [5.41, 5.74) is 0.958. The number of rotatable bonds is 2. The molecular weight excluding hydrogens is 205 g/mol. The molecule has 0 aliphatic carbocycles. The van der Waals surface area contributed by atoms with Crippen molar-refractivity contribution in [3.63, 3.8) is 0 Å². The van der Waals surface area contributed by atoms with Gasteiger partial charge in [0.05, 0.1) is 0 Å². The Hall–Kier alpha value is -1.42. The van der Waals surface area contributed by atoms with Crippen molar-refractivity contribution in [1.29, 1.82) is 0 Å². The fourth-order valence-electron chi connectivity index (χ4n) is 1.15. The predicted molar refractivity (Wildman–Crippen MR) is 50.6 cm³/mol. The molecule has 0 atom stereocenters. The first-order valence-corrected chi connectivity index (χ1v) is 4.43. The maximum Gasteiger partial charge on any atom is 0.242 e. The summed E-state index contributed by atoms with van der Waals surface area (Å²) in [6.45, 7) is 0. The van der Waals surface area contributed by atoms with Gasteiger partial charge in [0.2, 0.25) is 5.28 Å². The molecule has 0 saturated heterocycles. The van der Waals surface area contributed by atoms with Crippen LogP contribution in [0.15, 0.2) is 24.3 Å². The van der Waals surface area contributed by atoms with Crippen LogP contribution in [0.3, 0.4) is 0 Å². The predicted octanol–water partition coefficient (Wildman–Crippen LogP) is 2.19. The number of benzene rings is 1. The fraction of sp³-hybridized carbons (Fsp3) is 0.111. The van der Waals surface area contributed by atoms with Gasteiger partial charge in [0.15, 0.2) is 0 Å². The molecule has 72 valence electrons. The van der Waals surface area contributed by atoms with E-state index in [0.29, 0.717) is 12.2 Å². The molecule has 0 aliphatic heterocycles. The second-order valence-corrected chi connectivity index (χ2v) is 3.19. The Kier molecular flexibility index (Phi) is 2.45. The summed E-state index contributed by atoms with van der Waals surface area (Å²) in [7, 11) is 0. The zero-order valence-electron chi connectivity index (χ0n) is 7.17. The molecular formula is C9H7ClFN3. The summed E-state index contributed by atoms with van der Waals surface area (Å²) < 4.78 is 12.6. The Balaban J connectivity index is 2.15. The summed E-state index contributed by atoms with van der Waals surface area (Å²) >= 11 is 5.54. The number of halogens is 2. The van der Waals surface area contributed by atoms with Gasteiger partial charge in [-0.3, -0.25) is 5.10 Å². The van der Waals surface area contributed by atoms with Crippen LogP contribution in [-0.4, -0.2) is 15.2 Å². The van der Waals surface area contributed by atoms with Crippen LogP contribution < -0.4 is 0 Å². The van der Waals surface area contributed by atoms with Gasteiger partial charge in [-0.15, -0.1) is 5.10 Å². The van der Waals surface area contributed by atoms with Crippen molar-refractivity contribution in [2.75, 3.05) is 0 Å². The average Bonchev–Trinajstić information content (AvgIpc) is 2.56. The highest BCUT2D eigenvalue weighted by Crippen LogP contribution is 2.08. The Labute approximate surface area is 84.9 Å². The van der Waals surface area contributed by atoms with Crippen molar-refractivity contribution in [3.05, 3.63) is 46.8 Å². The second kappa shape index (κ2) is 3.75. The van der Waals surface area contributed by atoms with Crippen LogP contribution in [0.1, 0.15) is 11.4 Å². The van der Waals surface area contributed by atoms with E-state index in [1.807, 2.05) is 0 Å². The average molecular weight is 212 g/mol. The van der Waals surface area contributed by atoms with E-state index >= 15 is 0 Å². The maximum absolute atomic E-state index is 12.6. The lowest BCUT2D eigenvalue weighted by atomic mass is 10.1. The molecule has 0 amide bonds. The van der Waals surface area contributed by atoms with E-state index in [1.54, 1.807) is 12.1 Å². The number of aromatic amines is 1. The van der Waals surface area contributed by atoms with E-state index in [2.05, 4.69) is 15.2 Å². The smallest absolute Gasteiger partial charge is 0.242 e. The molecule has 0 radical (unpaired) electrons. The SMILES string of the molecule is Fc1ccc(Cc2nc(Cl)n[nH]2)cc1. The molecule has 1 aromatic heterocycles. The van der Waals surface area contributed by atoms with Crippen LogP contribution in [0.5, 0.6) is 0 Å². The van der Waals surface area contributed by atoms with E-state index in [1.165, 1.54) is 12.1 Å². The molecule has 0 spiro atoms. The van der Waals surface area contributed by atoms with Crippen LogP contribution in [-0.2, 0) is 6.42 Å². The highest BCUT2D eigenvalue weighted by Gasteiger charge is 2.01. The van der Waals surface area contributed by atoms with Crippen molar-refractivity contribution >= 4 is 11.6 Å². The summed E-state index contributed by atoms with van der Waals surface area (Å²) in [6.07, 6.45) is 0.569. The molecule has 1 N–H and O–H groups in total. The molecule has 1 heterocycles. The van der Waals surface area contributed by atoms with Gasteiger partial charge in [-0.05, 0) is 29.3 Å². The fourth-order valence-corrected chi connectivity index (χ4v) is 1.29. The minimum Gasteiger partial charge on any atom is -0.261 e. The molecule has 0 bridgehead atoms. The highest BCUT2D eigenvalue weighted by atomic mass is 35.5. The monoisotopic (exact) mass is 211 g/mol. The first-order chi connectivity index (χ1) is 6.74. The highest BCUT2D eigenvalue weighted by molar-refractivity contribution is 6.28. The number of nitrogens with zero attached hydrogens (tertiary/aromatic N) is 2. The Bertz CT molecular complexity index is 424. The van der Waals surface area contributed by atoms with Gasteiger partial charge in [0.25, 0.3) is 0 Å². The molecule has 1 aromatic carbocycles. The summed E-state index contributed by atoms with van der Waals surface area (Å²) in [5.74, 6) is 0.422. The van der Waals surface area contributed by atoms with Crippen LogP contribution in [0.2, 0.25) is 5.28 Å². The summed E-state index contributed by atoms with van der Waals surface area (Å²) in [4.78, 5) is 3.93. The lowest BCUT2D eigenvalue weighted by molar-refractivity contribution is 0.627. The van der Waals surface area contributed by atoms with Crippen molar-refractivity contribution in [2.45, 2.75) is 6.42 Å². The number of nitrogens with one attached hydrogen (secondary N) is 1. The number of aromatic nitrogens is 3. The largest absolute Gasteiger partial charge is 0.261 e. The van der Waals surface area contributed by atoms with E-state index < -0.39 is 0 Å². The third-order valence-corrected chi connectivity index (χ3v) is 1.96. The van der Waals surface area contributed by atoms with E-state index in [-0.39, 0.29) is 11.1 Å². The van der Waals surface area contributed by atoms with Crippen molar-refractivity contribution in [2.24, 2.45) is 0 Å². The van der Waals surface area contributed by atoms with Gasteiger partial charge >= 0.3 is 0 Å². The molecule has 3 nitrogen and oxygen atoms in total. The van der Waals surface area contributed by atoms with E-state index in [4.69, 9.17) is 11.6 Å². The normalized spacial score (nSPS) is 10.4. The van der Waals surface area contributed by atoms with Crippen LogP contribution >= 0.6 is 11.6 Å². The Morgan fingerprint density at radius 2 is 2.00 bits per heavy atom. The Morgan fingerprint density at radius 3 is 2.57 bits per heavy atom. The van der Waals surface area contributed by atoms with Crippen LogP contribution in [0.4, 0.5) is 4.39 Å². The molecule has 2 rings (SSSR count). The number of H-pyrrole nitrogens is 1. The summed E-state index contributed by atoms with van der Waals surface area (Å²) in [6, 6.07) is 6.22. The van der Waals surface area contributed by atoms with Crippen LogP contribution in [0, 0.1) is 5.82 Å².